The van der Waals surface area contributed by atoms with E-state index in [2.05, 4.69) is 19.1 Å². The van der Waals surface area contributed by atoms with Crippen molar-refractivity contribution in [3.05, 3.63) is 71.8 Å². The lowest BCUT2D eigenvalue weighted by molar-refractivity contribution is -0.118. The van der Waals surface area contributed by atoms with E-state index >= 15 is 0 Å². The van der Waals surface area contributed by atoms with Crippen molar-refractivity contribution < 1.29 is 14.6 Å². The molecule has 27 heavy (non-hydrogen) atoms. The summed E-state index contributed by atoms with van der Waals surface area (Å²) in [7, 11) is 1.71. The lowest BCUT2D eigenvalue weighted by atomic mass is 9.95. The molecule has 0 saturated carbocycles. The number of benzene rings is 2. The number of aliphatic hydroxyl groups is 1. The summed E-state index contributed by atoms with van der Waals surface area (Å²) in [4.78, 5) is 14.4. The molecule has 1 amide bonds. The second kappa shape index (κ2) is 8.98. The van der Waals surface area contributed by atoms with Crippen molar-refractivity contribution in [3.8, 4) is 0 Å². The van der Waals surface area contributed by atoms with Crippen LogP contribution in [0.5, 0.6) is 0 Å². The number of aliphatic hydroxyl groups excluding tert-OH is 1. The van der Waals surface area contributed by atoms with Crippen LogP contribution in [0.1, 0.15) is 37.0 Å². The number of hydrogen-bond acceptors (Lipinski definition) is 3. The molecule has 1 N–H and O–H groups in total. The molecule has 1 aliphatic rings. The molecule has 2 aromatic carbocycles. The number of rotatable bonds is 7. The van der Waals surface area contributed by atoms with Crippen LogP contribution in [0.25, 0.3) is 0 Å². The van der Waals surface area contributed by atoms with Crippen LogP contribution in [0.15, 0.2) is 60.7 Å². The van der Waals surface area contributed by atoms with E-state index in [1.165, 1.54) is 5.56 Å². The van der Waals surface area contributed by atoms with Crippen molar-refractivity contribution in [3.63, 3.8) is 0 Å². The topological polar surface area (TPSA) is 49.8 Å². The van der Waals surface area contributed by atoms with Gasteiger partial charge in [-0.15, -0.1) is 0 Å². The van der Waals surface area contributed by atoms with Crippen molar-refractivity contribution in [2.24, 2.45) is 5.92 Å². The van der Waals surface area contributed by atoms with Crippen LogP contribution in [0, 0.1) is 5.92 Å². The van der Waals surface area contributed by atoms with E-state index < -0.39 is 0 Å². The van der Waals surface area contributed by atoms with Crippen LogP contribution < -0.4 is 4.90 Å². The summed E-state index contributed by atoms with van der Waals surface area (Å²) >= 11 is 0. The van der Waals surface area contributed by atoms with E-state index in [-0.39, 0.29) is 24.5 Å². The Morgan fingerprint density at radius 1 is 1.15 bits per heavy atom. The summed E-state index contributed by atoms with van der Waals surface area (Å²) in [6.07, 6.45) is 5.96. The van der Waals surface area contributed by atoms with Crippen LogP contribution in [0.3, 0.4) is 0 Å². The molecule has 0 aromatic heterocycles. The second-order valence-electron chi connectivity index (χ2n) is 6.91. The van der Waals surface area contributed by atoms with Crippen LogP contribution in [-0.2, 0) is 16.0 Å². The van der Waals surface area contributed by atoms with Crippen LogP contribution in [-0.4, -0.2) is 24.7 Å². The normalized spacial score (nSPS) is 16.4. The lowest BCUT2D eigenvalue weighted by Gasteiger charge is -2.30. The Hall–Kier alpha value is -2.43. The van der Waals surface area contributed by atoms with E-state index in [9.17, 15) is 4.79 Å². The van der Waals surface area contributed by atoms with E-state index in [0.717, 1.165) is 23.4 Å². The van der Waals surface area contributed by atoms with Crippen molar-refractivity contribution in [2.45, 2.75) is 32.3 Å². The minimum Gasteiger partial charge on any atom is -0.396 e. The van der Waals surface area contributed by atoms with Gasteiger partial charge in [-0.3, -0.25) is 9.69 Å². The fourth-order valence-electron chi connectivity index (χ4n) is 3.66. The maximum Gasteiger partial charge on any atom is 0.231 e. The monoisotopic (exact) mass is 365 g/mol. The lowest BCUT2D eigenvalue weighted by Crippen LogP contribution is -2.30. The molecule has 0 bridgehead atoms. The van der Waals surface area contributed by atoms with Gasteiger partial charge < -0.3 is 9.84 Å². The molecule has 1 heterocycles. The van der Waals surface area contributed by atoms with Crippen molar-refractivity contribution in [1.29, 1.82) is 0 Å². The zero-order chi connectivity index (χ0) is 19.2. The first-order chi connectivity index (χ1) is 13.2. The fourth-order valence-corrected chi connectivity index (χ4v) is 3.66. The summed E-state index contributed by atoms with van der Waals surface area (Å²) in [6.45, 7) is 2.25. The number of amides is 1. The molecular weight excluding hydrogens is 338 g/mol. The minimum absolute atomic E-state index is 0.0710. The predicted molar refractivity (Wildman–Crippen MR) is 108 cm³/mol. The average Bonchev–Trinajstić information content (AvgIpc) is 2.69. The second-order valence-corrected chi connectivity index (χ2v) is 6.91. The molecule has 0 spiro atoms. The molecule has 0 radical (unpaired) electrons. The highest BCUT2D eigenvalue weighted by Gasteiger charge is 2.25. The molecule has 2 aromatic rings. The summed E-state index contributed by atoms with van der Waals surface area (Å²) in [5, 5.41) is 8.92. The Balaban J connectivity index is 1.84. The van der Waals surface area contributed by atoms with Crippen LogP contribution in [0.2, 0.25) is 0 Å². The van der Waals surface area contributed by atoms with Gasteiger partial charge in [0.1, 0.15) is 0 Å². The number of anilines is 2. The smallest absolute Gasteiger partial charge is 0.231 e. The molecule has 1 aliphatic heterocycles. The third-order valence-corrected chi connectivity index (χ3v) is 5.04. The van der Waals surface area contributed by atoms with Gasteiger partial charge >= 0.3 is 0 Å². The number of methoxy groups -OCH3 is 1. The molecule has 2 atom stereocenters. The first-order valence-electron chi connectivity index (χ1n) is 9.47. The molecular formula is C23H27NO3. The van der Waals surface area contributed by atoms with Gasteiger partial charge in [0.25, 0.3) is 0 Å². The summed E-state index contributed by atoms with van der Waals surface area (Å²) in [5.41, 5.74) is 4.14. The van der Waals surface area contributed by atoms with Crippen molar-refractivity contribution in [1.82, 2.24) is 0 Å². The highest BCUT2D eigenvalue weighted by molar-refractivity contribution is 6.03. The number of aryl methyl sites for hydroxylation is 1. The highest BCUT2D eigenvalue weighted by atomic mass is 16.5. The molecule has 0 aliphatic carbocycles. The van der Waals surface area contributed by atoms with Crippen LogP contribution >= 0.6 is 0 Å². The van der Waals surface area contributed by atoms with Gasteiger partial charge in [0.05, 0.1) is 11.8 Å². The van der Waals surface area contributed by atoms with Gasteiger partial charge in [-0.2, -0.15) is 0 Å². The number of carbonyl (C=O) groups is 1. The minimum atomic E-state index is -0.0710. The number of ether oxygens (including phenoxy) is 1. The van der Waals surface area contributed by atoms with Crippen molar-refractivity contribution in [2.75, 3.05) is 18.6 Å². The highest BCUT2D eigenvalue weighted by Crippen LogP contribution is 2.35. The Morgan fingerprint density at radius 2 is 1.89 bits per heavy atom. The van der Waals surface area contributed by atoms with E-state index in [4.69, 9.17) is 9.84 Å². The number of para-hydroxylation sites is 1. The Bertz CT molecular complexity index is 798. The molecule has 0 saturated heterocycles. The van der Waals surface area contributed by atoms with E-state index in [0.29, 0.717) is 12.8 Å². The summed E-state index contributed by atoms with van der Waals surface area (Å²) < 4.78 is 5.70. The third kappa shape index (κ3) is 4.29. The Labute approximate surface area is 161 Å². The quantitative estimate of drug-likeness (QED) is 0.732. The van der Waals surface area contributed by atoms with E-state index in [1.807, 2.05) is 53.4 Å². The van der Waals surface area contributed by atoms with Crippen molar-refractivity contribution >= 4 is 17.3 Å². The number of carbonyl (C=O) groups excluding carboxylic acids is 1. The van der Waals surface area contributed by atoms with Gasteiger partial charge in [0.2, 0.25) is 5.91 Å². The number of nitrogens with zero attached hydrogens (tertiary/aromatic N) is 1. The zero-order valence-electron chi connectivity index (χ0n) is 16.0. The van der Waals surface area contributed by atoms with E-state index in [1.54, 1.807) is 7.11 Å². The number of hydrogen-bond donors (Lipinski definition) is 1. The average molecular weight is 365 g/mol. The SMILES string of the molecule is CO[C@H](c1ccc(N2C(=O)CCc3ccccc32)cc1)[C@H](C)/C=C/CCO. The maximum atomic E-state index is 12.6. The zero-order valence-corrected chi connectivity index (χ0v) is 16.0. The van der Waals surface area contributed by atoms with Gasteiger partial charge in [-0.25, -0.2) is 0 Å². The predicted octanol–water partition coefficient (Wildman–Crippen LogP) is 4.56. The van der Waals surface area contributed by atoms with Crippen LogP contribution in [0.4, 0.5) is 11.4 Å². The van der Waals surface area contributed by atoms with Gasteiger partial charge in [-0.1, -0.05) is 49.4 Å². The maximum absolute atomic E-state index is 12.6. The molecule has 3 rings (SSSR count). The fraction of sp³-hybridized carbons (Fsp3) is 0.348. The Kier molecular flexibility index (Phi) is 6.43. The Morgan fingerprint density at radius 3 is 2.59 bits per heavy atom. The molecule has 0 fully saturated rings. The third-order valence-electron chi connectivity index (χ3n) is 5.04. The number of fused-ring (bicyclic) bond motifs is 1. The molecule has 0 unspecified atom stereocenters. The molecule has 142 valence electrons. The van der Waals surface area contributed by atoms with Gasteiger partial charge in [-0.05, 0) is 42.2 Å². The first kappa shape index (κ1) is 19.3. The molecule has 4 heteroatoms. The summed E-state index contributed by atoms with van der Waals surface area (Å²) in [6, 6.07) is 16.1. The molecule has 4 nitrogen and oxygen atoms in total. The first-order valence-corrected chi connectivity index (χ1v) is 9.47. The largest absolute Gasteiger partial charge is 0.396 e. The van der Waals surface area contributed by atoms with Gasteiger partial charge in [0.15, 0.2) is 0 Å². The standard InChI is InChI=1S/C23H27NO3/c1-17(7-5-6-16-25)23(27-2)19-10-13-20(14-11-19)24-21-9-4-3-8-18(21)12-15-22(24)26/h3-5,7-11,13-14,17,23,25H,6,12,15-16H2,1-2H3/b7-5+/t17-,23+/m1/s1. The van der Waals surface area contributed by atoms with Gasteiger partial charge in [0, 0.05) is 31.7 Å². The summed E-state index contributed by atoms with van der Waals surface area (Å²) in [5.74, 6) is 0.315.